The normalized spacial score (nSPS) is 14.3. The lowest BCUT2D eigenvalue weighted by Gasteiger charge is -2.26. The van der Waals surface area contributed by atoms with E-state index in [9.17, 15) is 4.79 Å². The Bertz CT molecular complexity index is 1290. The molecule has 4 heterocycles. The lowest BCUT2D eigenvalue weighted by molar-refractivity contribution is -0.142. The molecule has 0 aliphatic carbocycles. The third-order valence-corrected chi connectivity index (χ3v) is 5.80. The van der Waals surface area contributed by atoms with Crippen LogP contribution in [0.25, 0.3) is 22.5 Å². The van der Waals surface area contributed by atoms with Crippen molar-refractivity contribution >= 4 is 16.9 Å². The third kappa shape index (κ3) is 5.33. The second-order valence-corrected chi connectivity index (χ2v) is 8.18. The minimum absolute atomic E-state index is 0.211. The van der Waals surface area contributed by atoms with Gasteiger partial charge >= 0.3 is 5.97 Å². The Balaban J connectivity index is 1.36. The largest absolute Gasteiger partial charge is 0.475 e. The van der Waals surface area contributed by atoms with Crippen molar-refractivity contribution in [3.05, 3.63) is 60.7 Å². The Morgan fingerprint density at radius 2 is 1.94 bits per heavy atom. The zero-order valence-corrected chi connectivity index (χ0v) is 19.7. The summed E-state index contributed by atoms with van der Waals surface area (Å²) in [4.78, 5) is 23.3. The zero-order chi connectivity index (χ0) is 24.0. The summed E-state index contributed by atoms with van der Waals surface area (Å²) in [5, 5.41) is 5.64. The molecule has 0 amide bonds. The third-order valence-electron chi connectivity index (χ3n) is 5.80. The number of benzene rings is 1. The van der Waals surface area contributed by atoms with Gasteiger partial charge in [0.25, 0.3) is 0 Å². The van der Waals surface area contributed by atoms with E-state index in [-0.39, 0.29) is 12.4 Å². The highest BCUT2D eigenvalue weighted by Crippen LogP contribution is 2.27. The maximum absolute atomic E-state index is 11.8. The molecule has 1 aliphatic rings. The molecule has 0 spiro atoms. The van der Waals surface area contributed by atoms with E-state index >= 15 is 0 Å². The summed E-state index contributed by atoms with van der Waals surface area (Å²) in [5.41, 5.74) is 1.73. The number of hydrogen-bond acceptors (Lipinski definition) is 8. The number of rotatable bonds is 9. The molecule has 10 heteroatoms. The van der Waals surface area contributed by atoms with Gasteiger partial charge < -0.3 is 18.8 Å². The first kappa shape index (κ1) is 23.0. The smallest absolute Gasteiger partial charge is 0.310 e. The Hall–Kier alpha value is -3.76. The van der Waals surface area contributed by atoms with Gasteiger partial charge in [0.2, 0.25) is 5.88 Å². The number of ether oxygens (including phenoxy) is 3. The highest BCUT2D eigenvalue weighted by Gasteiger charge is 2.16. The SMILES string of the molecule is CCOC(=O)Cc1ccn(-c2cncc(-n3nc(OCCN4CCOCC4)c4ccccc43)n2)c1. The molecule has 182 valence electrons. The number of carbonyl (C=O) groups is 1. The van der Waals surface area contributed by atoms with E-state index in [1.165, 1.54) is 0 Å². The number of morpholine rings is 1. The highest BCUT2D eigenvalue weighted by molar-refractivity contribution is 5.85. The zero-order valence-electron chi connectivity index (χ0n) is 19.7. The van der Waals surface area contributed by atoms with Crippen molar-refractivity contribution < 1.29 is 19.0 Å². The fourth-order valence-electron chi connectivity index (χ4n) is 4.05. The fraction of sp³-hybridized carbons (Fsp3) is 0.360. The molecule has 0 N–H and O–H groups in total. The van der Waals surface area contributed by atoms with Crippen molar-refractivity contribution in [1.82, 2.24) is 29.2 Å². The van der Waals surface area contributed by atoms with Crippen LogP contribution in [-0.4, -0.2) is 81.2 Å². The molecule has 5 rings (SSSR count). The molecule has 0 bridgehead atoms. The summed E-state index contributed by atoms with van der Waals surface area (Å²) >= 11 is 0. The number of carbonyl (C=O) groups excluding carboxylic acids is 1. The van der Waals surface area contributed by atoms with Crippen LogP contribution in [0.5, 0.6) is 5.88 Å². The monoisotopic (exact) mass is 476 g/mol. The van der Waals surface area contributed by atoms with E-state index in [0.29, 0.717) is 30.7 Å². The first-order chi connectivity index (χ1) is 17.2. The second kappa shape index (κ2) is 10.7. The summed E-state index contributed by atoms with van der Waals surface area (Å²) in [6.45, 7) is 6.88. The van der Waals surface area contributed by atoms with Crippen LogP contribution >= 0.6 is 0 Å². The van der Waals surface area contributed by atoms with Gasteiger partial charge in [-0.05, 0) is 30.7 Å². The predicted octanol–water partition coefficient (Wildman–Crippen LogP) is 2.42. The molecule has 0 saturated carbocycles. The maximum atomic E-state index is 11.8. The molecule has 0 atom stereocenters. The molecule has 10 nitrogen and oxygen atoms in total. The first-order valence-corrected chi connectivity index (χ1v) is 11.8. The summed E-state index contributed by atoms with van der Waals surface area (Å²) in [6.07, 6.45) is 7.26. The molecule has 1 aliphatic heterocycles. The first-order valence-electron chi connectivity index (χ1n) is 11.8. The van der Waals surface area contributed by atoms with E-state index in [1.54, 1.807) is 24.0 Å². The Morgan fingerprint density at radius 3 is 2.80 bits per heavy atom. The van der Waals surface area contributed by atoms with Crippen LogP contribution in [0.1, 0.15) is 12.5 Å². The molecular formula is C25H28N6O4. The van der Waals surface area contributed by atoms with E-state index < -0.39 is 0 Å². The van der Waals surface area contributed by atoms with E-state index in [1.807, 2.05) is 47.3 Å². The average Bonchev–Trinajstić information content (AvgIpc) is 3.50. The average molecular weight is 477 g/mol. The molecule has 1 fully saturated rings. The molecule has 35 heavy (non-hydrogen) atoms. The summed E-state index contributed by atoms with van der Waals surface area (Å²) in [7, 11) is 0. The van der Waals surface area contributed by atoms with Gasteiger partial charge in [-0.25, -0.2) is 9.67 Å². The lowest BCUT2D eigenvalue weighted by atomic mass is 10.2. The maximum Gasteiger partial charge on any atom is 0.310 e. The van der Waals surface area contributed by atoms with Gasteiger partial charge in [-0.15, -0.1) is 5.10 Å². The Kier molecular flexibility index (Phi) is 7.01. The molecule has 0 radical (unpaired) electrons. The van der Waals surface area contributed by atoms with Crippen LogP contribution in [0.15, 0.2) is 55.1 Å². The van der Waals surface area contributed by atoms with Gasteiger partial charge in [0, 0.05) is 32.0 Å². The van der Waals surface area contributed by atoms with Gasteiger partial charge in [-0.1, -0.05) is 12.1 Å². The summed E-state index contributed by atoms with van der Waals surface area (Å²) in [6, 6.07) is 9.78. The van der Waals surface area contributed by atoms with Crippen molar-refractivity contribution in [2.24, 2.45) is 0 Å². The van der Waals surface area contributed by atoms with Crippen molar-refractivity contribution in [2.75, 3.05) is 46.1 Å². The Labute approximate surface area is 203 Å². The molecule has 4 aromatic rings. The van der Waals surface area contributed by atoms with E-state index in [2.05, 4.69) is 9.88 Å². The van der Waals surface area contributed by atoms with E-state index in [4.69, 9.17) is 24.3 Å². The number of aromatic nitrogens is 5. The van der Waals surface area contributed by atoms with Crippen molar-refractivity contribution in [1.29, 1.82) is 0 Å². The molecular weight excluding hydrogens is 448 g/mol. The van der Waals surface area contributed by atoms with E-state index in [0.717, 1.165) is 49.3 Å². The van der Waals surface area contributed by atoms with Gasteiger partial charge in [0.05, 0.1) is 49.5 Å². The molecule has 1 aromatic carbocycles. The van der Waals surface area contributed by atoms with Gasteiger partial charge in [0.15, 0.2) is 11.6 Å². The topological polar surface area (TPSA) is 96.5 Å². The second-order valence-electron chi connectivity index (χ2n) is 8.18. The van der Waals surface area contributed by atoms with Crippen LogP contribution < -0.4 is 4.74 Å². The van der Waals surface area contributed by atoms with Crippen LogP contribution in [0.2, 0.25) is 0 Å². The van der Waals surface area contributed by atoms with Crippen molar-refractivity contribution in [2.45, 2.75) is 13.3 Å². The molecule has 3 aromatic heterocycles. The van der Waals surface area contributed by atoms with Gasteiger partial charge in [0.1, 0.15) is 6.61 Å². The number of fused-ring (bicyclic) bond motifs is 1. The molecule has 0 unspecified atom stereocenters. The molecule has 1 saturated heterocycles. The predicted molar refractivity (Wildman–Crippen MR) is 129 cm³/mol. The standard InChI is InChI=1S/C25H28N6O4/c1-2-34-24(32)15-19-7-8-30(18-19)22-16-26-17-23(27-22)31-21-6-4-3-5-20(21)25(28-31)35-14-11-29-9-12-33-13-10-29/h3-8,16-18H,2,9-15H2,1H3. The summed E-state index contributed by atoms with van der Waals surface area (Å²) in [5.74, 6) is 1.50. The van der Waals surface area contributed by atoms with Crippen molar-refractivity contribution in [3.8, 4) is 17.5 Å². The quantitative estimate of drug-likeness (QED) is 0.340. The lowest BCUT2D eigenvalue weighted by Crippen LogP contribution is -2.38. The number of nitrogens with zero attached hydrogens (tertiary/aromatic N) is 6. The van der Waals surface area contributed by atoms with Gasteiger partial charge in [-0.3, -0.25) is 14.7 Å². The van der Waals surface area contributed by atoms with Crippen LogP contribution in [0.3, 0.4) is 0 Å². The summed E-state index contributed by atoms with van der Waals surface area (Å²) < 4.78 is 20.1. The van der Waals surface area contributed by atoms with Crippen molar-refractivity contribution in [3.63, 3.8) is 0 Å². The van der Waals surface area contributed by atoms with Crippen LogP contribution in [0.4, 0.5) is 0 Å². The number of para-hydroxylation sites is 1. The van der Waals surface area contributed by atoms with Crippen LogP contribution in [0, 0.1) is 0 Å². The number of esters is 1. The minimum Gasteiger partial charge on any atom is -0.475 e. The minimum atomic E-state index is -0.255. The van der Waals surface area contributed by atoms with Gasteiger partial charge in [-0.2, -0.15) is 0 Å². The van der Waals surface area contributed by atoms with Crippen LogP contribution in [-0.2, 0) is 20.7 Å². The Morgan fingerprint density at radius 1 is 1.11 bits per heavy atom. The number of hydrogen-bond donors (Lipinski definition) is 0. The highest BCUT2D eigenvalue weighted by atomic mass is 16.5. The fourth-order valence-corrected chi connectivity index (χ4v) is 4.05.